The van der Waals surface area contributed by atoms with Gasteiger partial charge in [-0.3, -0.25) is 4.90 Å². The van der Waals surface area contributed by atoms with Gasteiger partial charge in [-0.1, -0.05) is 39.8 Å². The largest absolute Gasteiger partial charge is 0.338 e. The molecule has 0 spiro atoms. The summed E-state index contributed by atoms with van der Waals surface area (Å²) in [5.74, 6) is 1.81. The van der Waals surface area contributed by atoms with E-state index in [4.69, 9.17) is 10.3 Å². The first-order chi connectivity index (χ1) is 9.70. The summed E-state index contributed by atoms with van der Waals surface area (Å²) in [5, 5.41) is 4.08. The Bertz CT molecular complexity index is 477. The van der Waals surface area contributed by atoms with E-state index in [9.17, 15) is 0 Å². The van der Waals surface area contributed by atoms with E-state index in [2.05, 4.69) is 56.6 Å². The van der Waals surface area contributed by atoms with Gasteiger partial charge in [0.1, 0.15) is 0 Å². The fourth-order valence-corrected chi connectivity index (χ4v) is 3.13. The number of aromatic nitrogens is 2. The molecule has 0 amide bonds. The Morgan fingerprint density at radius 1 is 1.33 bits per heavy atom. The molecule has 1 aliphatic rings. The molecule has 2 heterocycles. The predicted octanol–water partition coefficient (Wildman–Crippen LogP) is 2.95. The van der Waals surface area contributed by atoms with E-state index in [1.807, 2.05) is 0 Å². The third kappa shape index (κ3) is 2.99. The summed E-state index contributed by atoms with van der Waals surface area (Å²) < 4.78 is 5.45. The monoisotopic (exact) mass is 294 g/mol. The van der Waals surface area contributed by atoms with Gasteiger partial charge in [0, 0.05) is 17.9 Å². The van der Waals surface area contributed by atoms with Crippen LogP contribution in [0, 0.1) is 10.8 Å². The summed E-state index contributed by atoms with van der Waals surface area (Å²) in [4.78, 5) is 6.97. The maximum Gasteiger partial charge on any atom is 0.243 e. The highest BCUT2D eigenvalue weighted by Crippen LogP contribution is 2.46. The Labute approximate surface area is 128 Å². The summed E-state index contributed by atoms with van der Waals surface area (Å²) in [5.41, 5.74) is 6.49. The van der Waals surface area contributed by atoms with Gasteiger partial charge in [-0.25, -0.2) is 0 Å². The molecule has 2 rings (SSSR count). The van der Waals surface area contributed by atoms with Gasteiger partial charge in [0.2, 0.25) is 5.89 Å². The van der Waals surface area contributed by atoms with Gasteiger partial charge < -0.3 is 10.3 Å². The van der Waals surface area contributed by atoms with E-state index in [1.165, 1.54) is 0 Å². The Hall–Kier alpha value is -0.940. The fraction of sp³-hybridized carbons (Fsp3) is 0.875. The Kier molecular flexibility index (Phi) is 4.45. The van der Waals surface area contributed by atoms with Crippen molar-refractivity contribution in [2.45, 2.75) is 59.9 Å². The SMILES string of the molecule is CC(C)c1noc(C(C)N2CCC(CN)(C(C)(C)C)C2)n1. The zero-order valence-electron chi connectivity index (χ0n) is 14.3. The van der Waals surface area contributed by atoms with E-state index in [-0.39, 0.29) is 16.9 Å². The van der Waals surface area contributed by atoms with Crippen molar-refractivity contribution in [3.05, 3.63) is 11.7 Å². The molecule has 2 N–H and O–H groups in total. The average molecular weight is 294 g/mol. The minimum atomic E-state index is 0.153. The number of nitrogens with zero attached hydrogens (tertiary/aromatic N) is 3. The maximum absolute atomic E-state index is 6.12. The molecule has 1 aliphatic heterocycles. The molecule has 1 saturated heterocycles. The van der Waals surface area contributed by atoms with Crippen molar-refractivity contribution in [2.24, 2.45) is 16.6 Å². The first-order valence-corrected chi connectivity index (χ1v) is 7.98. The van der Waals surface area contributed by atoms with Crippen LogP contribution in [0.1, 0.15) is 71.6 Å². The van der Waals surface area contributed by atoms with Crippen LogP contribution in [-0.2, 0) is 0 Å². The van der Waals surface area contributed by atoms with Crippen molar-refractivity contribution >= 4 is 0 Å². The lowest BCUT2D eigenvalue weighted by atomic mass is 9.66. The fourth-order valence-electron chi connectivity index (χ4n) is 3.13. The zero-order chi connectivity index (χ0) is 15.8. The van der Waals surface area contributed by atoms with Crippen molar-refractivity contribution in [1.82, 2.24) is 15.0 Å². The second-order valence-corrected chi connectivity index (χ2v) is 7.78. The molecule has 5 nitrogen and oxygen atoms in total. The first-order valence-electron chi connectivity index (χ1n) is 7.98. The molecule has 0 saturated carbocycles. The van der Waals surface area contributed by atoms with Crippen molar-refractivity contribution < 1.29 is 4.52 Å². The Balaban J connectivity index is 2.13. The third-order valence-electron chi connectivity index (χ3n) is 5.24. The van der Waals surface area contributed by atoms with E-state index in [0.717, 1.165) is 37.8 Å². The normalized spacial score (nSPS) is 25.7. The number of nitrogens with two attached hydrogens (primary N) is 1. The molecule has 1 aromatic heterocycles. The van der Waals surface area contributed by atoms with Crippen LogP contribution in [0.4, 0.5) is 0 Å². The lowest BCUT2D eigenvalue weighted by molar-refractivity contribution is 0.0896. The molecule has 120 valence electrons. The van der Waals surface area contributed by atoms with Crippen LogP contribution in [0.2, 0.25) is 0 Å². The second kappa shape index (κ2) is 5.69. The van der Waals surface area contributed by atoms with E-state index < -0.39 is 0 Å². The summed E-state index contributed by atoms with van der Waals surface area (Å²) in [6, 6.07) is 0.153. The lowest BCUT2D eigenvalue weighted by Gasteiger charge is -2.41. The number of hydrogen-bond donors (Lipinski definition) is 1. The smallest absolute Gasteiger partial charge is 0.243 e. The molecule has 0 bridgehead atoms. The zero-order valence-corrected chi connectivity index (χ0v) is 14.3. The highest BCUT2D eigenvalue weighted by molar-refractivity contribution is 5.03. The molecule has 2 unspecified atom stereocenters. The lowest BCUT2D eigenvalue weighted by Crippen LogP contribution is -2.44. The number of likely N-dealkylation sites (tertiary alicyclic amines) is 1. The summed E-state index contributed by atoms with van der Waals surface area (Å²) in [7, 11) is 0. The van der Waals surface area contributed by atoms with E-state index >= 15 is 0 Å². The van der Waals surface area contributed by atoms with Gasteiger partial charge in [-0.05, 0) is 31.8 Å². The van der Waals surface area contributed by atoms with Crippen molar-refractivity contribution in [3.63, 3.8) is 0 Å². The van der Waals surface area contributed by atoms with E-state index in [1.54, 1.807) is 0 Å². The minimum Gasteiger partial charge on any atom is -0.338 e. The molecule has 0 aromatic carbocycles. The highest BCUT2D eigenvalue weighted by atomic mass is 16.5. The predicted molar refractivity (Wildman–Crippen MR) is 83.9 cm³/mol. The van der Waals surface area contributed by atoms with Crippen LogP contribution in [0.25, 0.3) is 0 Å². The van der Waals surface area contributed by atoms with Crippen LogP contribution in [0.5, 0.6) is 0 Å². The van der Waals surface area contributed by atoms with Gasteiger partial charge in [0.25, 0.3) is 0 Å². The van der Waals surface area contributed by atoms with Gasteiger partial charge in [-0.15, -0.1) is 0 Å². The second-order valence-electron chi connectivity index (χ2n) is 7.78. The maximum atomic E-state index is 6.12. The molecule has 5 heteroatoms. The third-order valence-corrected chi connectivity index (χ3v) is 5.24. The highest BCUT2D eigenvalue weighted by Gasteiger charge is 2.47. The molecule has 21 heavy (non-hydrogen) atoms. The van der Waals surface area contributed by atoms with Crippen LogP contribution >= 0.6 is 0 Å². The van der Waals surface area contributed by atoms with Crippen LogP contribution < -0.4 is 5.73 Å². The van der Waals surface area contributed by atoms with Crippen molar-refractivity contribution in [2.75, 3.05) is 19.6 Å². The van der Waals surface area contributed by atoms with Gasteiger partial charge in [0.15, 0.2) is 5.82 Å². The first kappa shape index (κ1) is 16.4. The van der Waals surface area contributed by atoms with Crippen molar-refractivity contribution in [1.29, 1.82) is 0 Å². The topological polar surface area (TPSA) is 68.2 Å². The molecular formula is C16H30N4O. The van der Waals surface area contributed by atoms with Crippen molar-refractivity contribution in [3.8, 4) is 0 Å². The average Bonchev–Trinajstić information content (AvgIpc) is 3.05. The Morgan fingerprint density at radius 3 is 2.43 bits per heavy atom. The molecular weight excluding hydrogens is 264 g/mol. The molecule has 2 atom stereocenters. The van der Waals surface area contributed by atoms with Gasteiger partial charge in [-0.2, -0.15) is 4.98 Å². The minimum absolute atomic E-state index is 0.153. The Morgan fingerprint density at radius 2 is 2.00 bits per heavy atom. The molecule has 1 aromatic rings. The molecule has 1 fully saturated rings. The summed E-state index contributed by atoms with van der Waals surface area (Å²) >= 11 is 0. The van der Waals surface area contributed by atoms with Gasteiger partial charge in [0.05, 0.1) is 6.04 Å². The molecule has 0 aliphatic carbocycles. The van der Waals surface area contributed by atoms with Crippen LogP contribution in [0.3, 0.4) is 0 Å². The standard InChI is InChI=1S/C16H30N4O/c1-11(2)13-18-14(21-19-13)12(3)20-8-7-16(9-17,10-20)15(4,5)6/h11-12H,7-10,17H2,1-6H3. The van der Waals surface area contributed by atoms with Gasteiger partial charge >= 0.3 is 0 Å². The summed E-state index contributed by atoms with van der Waals surface area (Å²) in [6.07, 6.45) is 1.13. The quantitative estimate of drug-likeness (QED) is 0.924. The van der Waals surface area contributed by atoms with Crippen LogP contribution in [0.15, 0.2) is 4.52 Å². The number of rotatable bonds is 4. The number of hydrogen-bond acceptors (Lipinski definition) is 5. The molecule has 0 radical (unpaired) electrons. The van der Waals surface area contributed by atoms with Crippen LogP contribution in [-0.4, -0.2) is 34.7 Å². The summed E-state index contributed by atoms with van der Waals surface area (Å²) in [6.45, 7) is 15.9. The van der Waals surface area contributed by atoms with E-state index in [0.29, 0.717) is 5.92 Å².